The van der Waals surface area contributed by atoms with Gasteiger partial charge in [-0.2, -0.15) is 8.78 Å². The maximum Gasteiger partial charge on any atom is 0.387 e. The summed E-state index contributed by atoms with van der Waals surface area (Å²) in [6.07, 6.45) is 1.41. The molecule has 0 spiro atoms. The maximum atomic E-state index is 12.8. The molecule has 2 aromatic carbocycles. The minimum absolute atomic E-state index is 0.0395. The Hall–Kier alpha value is -3.36. The molecule has 0 aliphatic carbocycles. The van der Waals surface area contributed by atoms with E-state index in [2.05, 4.69) is 15.0 Å². The normalized spacial score (nSPS) is 14.5. The van der Waals surface area contributed by atoms with Crippen LogP contribution in [0.25, 0.3) is 0 Å². The van der Waals surface area contributed by atoms with Crippen molar-refractivity contribution in [2.24, 2.45) is 11.7 Å². The molecule has 3 N–H and O–H groups in total. The van der Waals surface area contributed by atoms with Gasteiger partial charge in [0.2, 0.25) is 5.91 Å². The van der Waals surface area contributed by atoms with Crippen molar-refractivity contribution in [3.05, 3.63) is 48.0 Å². The summed E-state index contributed by atoms with van der Waals surface area (Å²) < 4.78 is 35.0. The van der Waals surface area contributed by atoms with E-state index in [1.165, 1.54) is 25.3 Å². The van der Waals surface area contributed by atoms with Crippen LogP contribution < -0.4 is 25.4 Å². The molecule has 0 saturated carbocycles. The van der Waals surface area contributed by atoms with Crippen LogP contribution in [0.3, 0.4) is 0 Å². The van der Waals surface area contributed by atoms with E-state index in [1.807, 2.05) is 12.1 Å². The van der Waals surface area contributed by atoms with Crippen LogP contribution in [0.1, 0.15) is 23.2 Å². The Labute approximate surface area is 172 Å². The molecule has 30 heavy (non-hydrogen) atoms. The van der Waals surface area contributed by atoms with Gasteiger partial charge in [0.05, 0.1) is 12.7 Å². The first-order valence-electron chi connectivity index (χ1n) is 9.46. The number of nitrogens with one attached hydrogen (secondary N) is 1. The molecule has 1 fully saturated rings. The van der Waals surface area contributed by atoms with E-state index in [0.29, 0.717) is 18.5 Å². The van der Waals surface area contributed by atoms with Crippen molar-refractivity contribution in [3.8, 4) is 11.5 Å². The Balaban J connectivity index is 1.69. The summed E-state index contributed by atoms with van der Waals surface area (Å²) in [5.74, 6) is -1.23. The highest BCUT2D eigenvalue weighted by molar-refractivity contribution is 6.06. The number of carbonyl (C=O) groups is 2. The number of hydrogen-bond donors (Lipinski definition) is 2. The highest BCUT2D eigenvalue weighted by atomic mass is 19.3. The van der Waals surface area contributed by atoms with Gasteiger partial charge in [-0.15, -0.1) is 0 Å². The van der Waals surface area contributed by atoms with Gasteiger partial charge in [-0.1, -0.05) is 6.07 Å². The van der Waals surface area contributed by atoms with Crippen LogP contribution >= 0.6 is 0 Å². The van der Waals surface area contributed by atoms with Crippen LogP contribution in [0.4, 0.5) is 20.2 Å². The second kappa shape index (κ2) is 9.43. The largest absolute Gasteiger partial charge is 0.493 e. The summed E-state index contributed by atoms with van der Waals surface area (Å²) in [6.45, 7) is -1.65. The quantitative estimate of drug-likeness (QED) is 0.719. The number of nitrogens with zero attached hydrogens (tertiary/aromatic N) is 1. The smallest absolute Gasteiger partial charge is 0.387 e. The van der Waals surface area contributed by atoms with Gasteiger partial charge in [-0.05, 0) is 49.2 Å². The summed E-state index contributed by atoms with van der Waals surface area (Å²) in [6, 6.07) is 11.5. The number of halogens is 2. The fourth-order valence-electron chi connectivity index (χ4n) is 3.44. The topological polar surface area (TPSA) is 93.9 Å². The van der Waals surface area contributed by atoms with Gasteiger partial charge in [0, 0.05) is 30.4 Å². The van der Waals surface area contributed by atoms with E-state index >= 15 is 0 Å². The van der Waals surface area contributed by atoms with E-state index in [4.69, 9.17) is 10.5 Å². The minimum atomic E-state index is -3.09. The zero-order valence-corrected chi connectivity index (χ0v) is 16.4. The minimum Gasteiger partial charge on any atom is -0.493 e. The molecule has 0 unspecified atom stereocenters. The molecule has 7 nitrogen and oxygen atoms in total. The summed E-state index contributed by atoms with van der Waals surface area (Å²) in [4.78, 5) is 26.1. The molecule has 1 heterocycles. The molecule has 0 bridgehead atoms. The lowest BCUT2D eigenvalue weighted by atomic mass is 9.96. The number of amides is 2. The number of hydrogen-bond acceptors (Lipinski definition) is 5. The highest BCUT2D eigenvalue weighted by Crippen LogP contribution is 2.33. The molecule has 3 rings (SSSR count). The number of anilines is 2. The Kier molecular flexibility index (Phi) is 6.71. The molecule has 1 saturated heterocycles. The van der Waals surface area contributed by atoms with Gasteiger partial charge >= 0.3 is 6.61 Å². The van der Waals surface area contributed by atoms with Crippen molar-refractivity contribution >= 4 is 23.2 Å². The molecule has 160 valence electrons. The summed E-state index contributed by atoms with van der Waals surface area (Å²) in [5.41, 5.74) is 6.76. The predicted octanol–water partition coefficient (Wildman–Crippen LogP) is 3.25. The van der Waals surface area contributed by atoms with Crippen molar-refractivity contribution in [1.82, 2.24) is 0 Å². The number of piperidine rings is 1. The number of ether oxygens (including phenoxy) is 2. The molecule has 1 aliphatic rings. The third-order valence-corrected chi connectivity index (χ3v) is 5.04. The lowest BCUT2D eigenvalue weighted by molar-refractivity contribution is -0.122. The summed E-state index contributed by atoms with van der Waals surface area (Å²) in [7, 11) is 1.31. The first kappa shape index (κ1) is 21.4. The van der Waals surface area contributed by atoms with Crippen molar-refractivity contribution < 1.29 is 27.8 Å². The first-order chi connectivity index (χ1) is 14.4. The predicted molar refractivity (Wildman–Crippen MR) is 108 cm³/mol. The Bertz CT molecular complexity index is 898. The van der Waals surface area contributed by atoms with Crippen LogP contribution in [-0.4, -0.2) is 38.6 Å². The number of benzene rings is 2. The van der Waals surface area contributed by atoms with Gasteiger partial charge in [-0.3, -0.25) is 9.59 Å². The van der Waals surface area contributed by atoms with E-state index in [0.717, 1.165) is 18.8 Å². The second-order valence-electron chi connectivity index (χ2n) is 6.88. The highest BCUT2D eigenvalue weighted by Gasteiger charge is 2.23. The van der Waals surface area contributed by atoms with Crippen molar-refractivity contribution in [1.29, 1.82) is 0 Å². The zero-order chi connectivity index (χ0) is 21.7. The number of carbonyl (C=O) groups excluding carboxylic acids is 2. The first-order valence-corrected chi connectivity index (χ1v) is 9.46. The van der Waals surface area contributed by atoms with Crippen LogP contribution in [-0.2, 0) is 4.79 Å². The standard InChI is InChI=1S/C21H23F2N3O4/c1-29-17-4-2-3-16(18(17)30-21(22)23)20(28)25-14-5-7-15(8-6-14)26-11-9-13(10-12-26)19(24)27/h2-8,13,21H,9-12H2,1H3,(H2,24,27)(H,25,28). The summed E-state index contributed by atoms with van der Waals surface area (Å²) in [5, 5.41) is 2.68. The Morgan fingerprint density at radius 3 is 2.37 bits per heavy atom. The molecule has 0 radical (unpaired) electrons. The third-order valence-electron chi connectivity index (χ3n) is 5.04. The lowest BCUT2D eigenvalue weighted by Crippen LogP contribution is -2.38. The average Bonchev–Trinajstić information content (AvgIpc) is 2.74. The molecule has 0 aromatic heterocycles. The Morgan fingerprint density at radius 2 is 1.80 bits per heavy atom. The molecule has 2 aromatic rings. The number of para-hydroxylation sites is 1. The van der Waals surface area contributed by atoms with Gasteiger partial charge in [0.15, 0.2) is 11.5 Å². The molecule has 0 atom stereocenters. The number of methoxy groups -OCH3 is 1. The number of nitrogens with two attached hydrogens (primary N) is 1. The van der Waals surface area contributed by atoms with Crippen LogP contribution in [0.2, 0.25) is 0 Å². The molecule has 2 amide bonds. The number of primary amides is 1. The van der Waals surface area contributed by atoms with Crippen LogP contribution in [0.15, 0.2) is 42.5 Å². The van der Waals surface area contributed by atoms with E-state index in [1.54, 1.807) is 12.1 Å². The van der Waals surface area contributed by atoms with Crippen molar-refractivity contribution in [3.63, 3.8) is 0 Å². The number of alkyl halides is 2. The Morgan fingerprint density at radius 1 is 1.13 bits per heavy atom. The van der Waals surface area contributed by atoms with Gasteiger partial charge in [-0.25, -0.2) is 0 Å². The second-order valence-corrected chi connectivity index (χ2v) is 6.88. The van der Waals surface area contributed by atoms with Gasteiger partial charge in [0.25, 0.3) is 5.91 Å². The van der Waals surface area contributed by atoms with Crippen molar-refractivity contribution in [2.75, 3.05) is 30.4 Å². The fourth-order valence-corrected chi connectivity index (χ4v) is 3.44. The van der Waals surface area contributed by atoms with E-state index < -0.39 is 12.5 Å². The van der Waals surface area contributed by atoms with Crippen LogP contribution in [0.5, 0.6) is 11.5 Å². The van der Waals surface area contributed by atoms with Gasteiger partial charge < -0.3 is 25.4 Å². The molecular weight excluding hydrogens is 396 g/mol. The average molecular weight is 419 g/mol. The van der Waals surface area contributed by atoms with Gasteiger partial charge in [0.1, 0.15) is 0 Å². The molecular formula is C21H23F2N3O4. The summed E-state index contributed by atoms with van der Waals surface area (Å²) >= 11 is 0. The third kappa shape index (κ3) is 4.97. The van der Waals surface area contributed by atoms with Crippen molar-refractivity contribution in [2.45, 2.75) is 19.5 Å². The molecule has 1 aliphatic heterocycles. The van der Waals surface area contributed by atoms with E-state index in [9.17, 15) is 18.4 Å². The SMILES string of the molecule is COc1cccc(C(=O)Nc2ccc(N3CCC(C(N)=O)CC3)cc2)c1OC(F)F. The fraction of sp³-hybridized carbons (Fsp3) is 0.333. The molecule has 9 heteroatoms. The number of rotatable bonds is 7. The monoisotopic (exact) mass is 419 g/mol. The van der Waals surface area contributed by atoms with Crippen LogP contribution in [0, 0.1) is 5.92 Å². The zero-order valence-electron chi connectivity index (χ0n) is 16.4. The lowest BCUT2D eigenvalue weighted by Gasteiger charge is -2.32. The maximum absolute atomic E-state index is 12.8. The van der Waals surface area contributed by atoms with E-state index in [-0.39, 0.29) is 28.9 Å².